The van der Waals surface area contributed by atoms with Crippen LogP contribution in [0.25, 0.3) is 20.3 Å². The number of benzene rings is 1. The van der Waals surface area contributed by atoms with E-state index in [0.717, 1.165) is 14.6 Å². The van der Waals surface area contributed by atoms with Gasteiger partial charge in [0.15, 0.2) is 41.7 Å². The minimum Gasteiger partial charge on any atom is -0.392 e. The van der Waals surface area contributed by atoms with E-state index in [1.165, 1.54) is 11.3 Å². The molecule has 0 bridgehead atoms. The Morgan fingerprint density at radius 3 is 1.19 bits per heavy atom. The number of rotatable bonds is 51. The quantitative estimate of drug-likeness (QED) is 0.0142. The Labute approximate surface area is 646 Å². The van der Waals surface area contributed by atoms with E-state index in [9.17, 15) is 53.1 Å². The van der Waals surface area contributed by atoms with Crippen LogP contribution in [-0.2, 0) is 49.7 Å². The maximum absolute atomic E-state index is 14.8. The third-order valence-electron chi connectivity index (χ3n) is 16.9. The molecule has 46 heteroatoms. The number of aliphatic hydroxyl groups is 1. The number of unbranched alkanes of at least 4 members (excludes halogenated alkanes) is 2. The van der Waals surface area contributed by atoms with Crippen molar-refractivity contribution in [2.45, 2.75) is 183 Å². The molecule has 0 radical (unpaired) electrons. The first kappa shape index (κ1) is 91.2. The number of hydrogen-bond donors (Lipinski definition) is 25. The first-order valence-corrected chi connectivity index (χ1v) is 37.4. The van der Waals surface area contributed by atoms with Crippen LogP contribution in [0.1, 0.15) is 128 Å². The first-order chi connectivity index (χ1) is 52.2. The van der Waals surface area contributed by atoms with E-state index in [0.29, 0.717) is 35.3 Å². The van der Waals surface area contributed by atoms with Crippen molar-refractivity contribution in [2.75, 3.05) is 58.9 Å². The predicted molar refractivity (Wildman–Crippen MR) is 424 cm³/mol. The minimum atomic E-state index is -1.53. The Balaban J connectivity index is 1.56. The topological polar surface area (TPSA) is 796 Å². The van der Waals surface area contributed by atoms with Crippen molar-refractivity contribution < 1.29 is 48.3 Å². The van der Waals surface area contributed by atoms with Gasteiger partial charge in [-0.15, -0.1) is 11.3 Å². The van der Waals surface area contributed by atoms with E-state index in [1.54, 1.807) is 4.90 Å². The van der Waals surface area contributed by atoms with E-state index in [-0.39, 0.29) is 216 Å². The number of amides is 9. The number of hydrogen-bond acceptors (Lipinski definition) is 21. The fourth-order valence-corrected chi connectivity index (χ4v) is 12.9. The number of β-amino-alcohol motifs (C(OH)–C–C–N with tert-alkyl or cyclic N) is 1. The van der Waals surface area contributed by atoms with Gasteiger partial charge in [0.2, 0.25) is 53.2 Å². The number of nitrogens with zero attached hydrogens (tertiary/aromatic N) is 9. The summed E-state index contributed by atoms with van der Waals surface area (Å²) in [6.07, 6.45) is 0.431. The van der Waals surface area contributed by atoms with Gasteiger partial charge in [0.25, 0.3) is 5.56 Å². The van der Waals surface area contributed by atoms with Gasteiger partial charge in [-0.05, 0) is 127 Å². The Morgan fingerprint density at radius 2 is 0.836 bits per heavy atom. The Morgan fingerprint density at radius 1 is 0.491 bits per heavy atom. The number of aromatic amines is 1. The number of aliphatic hydroxyl groups excluding tert-OH is 1. The second-order valence-corrected chi connectivity index (χ2v) is 27.9. The van der Waals surface area contributed by atoms with Crippen LogP contribution in [0.4, 0.5) is 0 Å². The third-order valence-corrected chi connectivity index (χ3v) is 18.5. The molecule has 1 saturated heterocycles. The molecule has 0 spiro atoms. The highest BCUT2D eigenvalue weighted by Gasteiger charge is 2.38. The number of aliphatic imine (C=N–C) groups is 7. The number of aromatic nitrogens is 2. The van der Waals surface area contributed by atoms with Crippen molar-refractivity contribution in [3.8, 4) is 0 Å². The highest BCUT2D eigenvalue weighted by Crippen LogP contribution is 2.33. The number of nitrogens with one attached hydrogen (secondary N) is 9. The number of primary amides is 1. The zero-order chi connectivity index (χ0) is 81.4. The summed E-state index contributed by atoms with van der Waals surface area (Å²) in [7, 11) is 0. The van der Waals surface area contributed by atoms with Crippen molar-refractivity contribution in [3.05, 3.63) is 38.9 Å². The molecule has 110 heavy (non-hydrogen) atoms. The van der Waals surface area contributed by atoms with Gasteiger partial charge in [-0.3, -0.25) is 87.8 Å². The molecule has 9 atom stereocenters. The van der Waals surface area contributed by atoms with Crippen molar-refractivity contribution in [3.63, 3.8) is 0 Å². The molecule has 1 fully saturated rings. The number of guanidine groups is 7. The van der Waals surface area contributed by atoms with Crippen LogP contribution >= 0.6 is 27.3 Å². The van der Waals surface area contributed by atoms with Crippen LogP contribution in [0.5, 0.6) is 0 Å². The molecular formula is C64H110BrN33O11S. The van der Waals surface area contributed by atoms with Gasteiger partial charge in [-0.2, -0.15) is 4.98 Å². The average molecular weight is 1630 g/mol. The molecule has 3 aromatic rings. The summed E-state index contributed by atoms with van der Waals surface area (Å²) in [6.45, 7) is 0.499. The highest BCUT2D eigenvalue weighted by atomic mass is 79.9. The normalized spacial score (nSPS) is 15.1. The van der Waals surface area contributed by atoms with Crippen molar-refractivity contribution in [2.24, 2.45) is 121 Å². The largest absolute Gasteiger partial charge is 0.392 e. The number of nitrogens with two attached hydrogens (primary N) is 15. The summed E-state index contributed by atoms with van der Waals surface area (Å²) in [4.78, 5) is 178. The number of fused-ring (bicyclic) bond motifs is 3. The third kappa shape index (κ3) is 34.8. The van der Waals surface area contributed by atoms with Crippen molar-refractivity contribution >= 4 is 142 Å². The van der Waals surface area contributed by atoms with E-state index < -0.39 is 107 Å². The molecule has 1 aliphatic rings. The Hall–Kier alpha value is -11.2. The van der Waals surface area contributed by atoms with Crippen LogP contribution in [0.2, 0.25) is 0 Å². The summed E-state index contributed by atoms with van der Waals surface area (Å²) < 4.78 is 2.21. The average Bonchev–Trinajstić information content (AvgIpc) is 1.62. The van der Waals surface area contributed by atoms with Gasteiger partial charge < -0.3 is 139 Å². The number of carbonyl (C=O) groups is 9. The minimum absolute atomic E-state index is 0.00238. The molecule has 3 heterocycles. The highest BCUT2D eigenvalue weighted by molar-refractivity contribution is 9.10. The van der Waals surface area contributed by atoms with Crippen LogP contribution in [0.15, 0.2) is 62.4 Å². The summed E-state index contributed by atoms with van der Waals surface area (Å²) in [6, 6.07) is -4.94. The maximum atomic E-state index is 14.8. The zero-order valence-corrected chi connectivity index (χ0v) is 63.8. The predicted octanol–water partition coefficient (Wildman–Crippen LogP) is -8.23. The number of likely N-dealkylation sites (tertiary alicyclic amines) is 1. The lowest BCUT2D eigenvalue weighted by Gasteiger charge is -2.28. The summed E-state index contributed by atoms with van der Waals surface area (Å²) in [5.74, 6) is -8.60. The van der Waals surface area contributed by atoms with Crippen LogP contribution in [0.3, 0.4) is 0 Å². The van der Waals surface area contributed by atoms with Crippen molar-refractivity contribution in [1.82, 2.24) is 57.4 Å². The molecule has 0 unspecified atom stereocenters. The molecule has 1 aliphatic heterocycles. The standard InChI is InChI=1S/C64H110BrN33O11S/c65-33-19-20-44-35(29-33)47-48(110-44)57(109)97-45(96-47)32-98-31-34(99)30-43(98)56(108)81-21-3-1-2-18-46(100)89-37(12-5-23-83-59(69)70)50(102)91-39(14-7-25-85-61(73)74)52(104)93-41(16-9-27-87-63(77)78)54(106)95-42(17-10-28-88-64(79)80)55(107)94-40(15-8-26-86-62(75)76)53(105)92-38(13-6-24-84-60(71)72)51(103)90-36(49(66)101)11-4-22-82-58(67)68/h19-20,29,34,36-43,99H,1-18,21-28,30-32H2,(H2,66,101)(H,81,108)(H,89,100)(H,90,103)(H,91,102)(H,92,105)(H,93,104)(H,94,107)(H,95,106)(H4,67,68,82)(H4,69,70,83)(H4,71,72,84)(H4,73,74,85)(H4,75,76,86)(H4,77,78,87)(H4,79,80,88)(H,96,97,109)/t34-,36+,37+,38+,39+,40+,41+,42+,43+/m0/s1. The van der Waals surface area contributed by atoms with E-state index >= 15 is 0 Å². The van der Waals surface area contributed by atoms with E-state index in [1.807, 2.05) is 18.2 Å². The Kier molecular flexibility index (Phi) is 40.1. The van der Waals surface area contributed by atoms with Gasteiger partial charge in [0.05, 0.1) is 24.2 Å². The number of carbonyl (C=O) groups excluding carboxylic acids is 9. The summed E-state index contributed by atoms with van der Waals surface area (Å²) >= 11 is 4.82. The second-order valence-electron chi connectivity index (χ2n) is 25.9. The molecule has 0 aliphatic carbocycles. The van der Waals surface area contributed by atoms with Gasteiger partial charge in [-0.1, -0.05) is 22.4 Å². The smallest absolute Gasteiger partial charge is 0.290 e. The molecule has 1 aromatic carbocycles. The first-order valence-electron chi connectivity index (χ1n) is 35.8. The van der Waals surface area contributed by atoms with Gasteiger partial charge >= 0.3 is 0 Å². The second kappa shape index (κ2) is 48.3. The van der Waals surface area contributed by atoms with Crippen LogP contribution < -0.4 is 134 Å². The number of thiophene rings is 1. The van der Waals surface area contributed by atoms with Gasteiger partial charge in [0, 0.05) is 79.9 Å². The number of H-pyrrole nitrogens is 1. The molecule has 44 nitrogen and oxygen atoms in total. The summed E-state index contributed by atoms with van der Waals surface area (Å²) in [5.41, 5.74) is 83.9. The molecule has 9 amide bonds. The SMILES string of the molecule is NC(=O)[C@@H](CCCN=C(N)N)NC(=O)[C@@H](CCCN=C(N)N)NC(=O)[C@@H](CCCN=C(N)N)NC(=O)[C@@H](CCCN=C(N)N)NC(=O)[C@@H](CCCN=C(N)N)NC(=O)[C@@H](CCCN=C(N)N)NC(=O)[C@@H](CCCN=C(N)N)NC(=O)CCCCCNC(=O)[C@H]1C[C@H](O)CN1Cc1nc(=O)c2sc3ccc(Br)cc3c2[nH]1. The monoisotopic (exact) mass is 1630 g/mol. The Bertz CT molecular complexity index is 3840. The van der Waals surface area contributed by atoms with Crippen LogP contribution in [-0.4, -0.2) is 228 Å². The lowest BCUT2D eigenvalue weighted by molar-refractivity contribution is -0.136. The lowest BCUT2D eigenvalue weighted by Crippen LogP contribution is -2.60. The fraction of sp³-hybridized carbons (Fsp3) is 0.594. The molecule has 0 saturated carbocycles. The maximum Gasteiger partial charge on any atom is 0.290 e. The van der Waals surface area contributed by atoms with Crippen molar-refractivity contribution in [1.29, 1.82) is 0 Å². The molecular weight excluding hydrogens is 1520 g/mol. The number of halogens is 1. The van der Waals surface area contributed by atoms with Crippen LogP contribution in [0, 0.1) is 0 Å². The van der Waals surface area contributed by atoms with E-state index in [2.05, 4.69) is 103 Å². The lowest BCUT2D eigenvalue weighted by atomic mass is 10.0. The zero-order valence-electron chi connectivity index (χ0n) is 61.4. The van der Waals surface area contributed by atoms with Gasteiger partial charge in [-0.25, -0.2) is 0 Å². The fourth-order valence-electron chi connectivity index (χ4n) is 11.5. The molecule has 40 N–H and O–H groups in total. The molecule has 4 rings (SSSR count). The van der Waals surface area contributed by atoms with Gasteiger partial charge in [0.1, 0.15) is 52.8 Å². The molecule has 610 valence electrons. The van der Waals surface area contributed by atoms with E-state index in [4.69, 9.17) is 86.0 Å². The summed E-state index contributed by atoms with van der Waals surface area (Å²) in [5, 5.41) is 33.1. The molecule has 2 aromatic heterocycles.